The van der Waals surface area contributed by atoms with E-state index in [1.165, 1.54) is 32.1 Å². The van der Waals surface area contributed by atoms with E-state index in [2.05, 4.69) is 27.7 Å². The monoisotopic (exact) mass is 396 g/mol. The SMILES string of the molecule is CCCCCCCCC(CCC(C)C)C(=O)OCC(C)(C)C(=O)CCCCC. The fraction of sp³-hybridized carbons (Fsp3) is 0.920. The molecule has 0 amide bonds. The third-order valence-electron chi connectivity index (χ3n) is 5.67. The van der Waals surface area contributed by atoms with Gasteiger partial charge >= 0.3 is 5.97 Å². The van der Waals surface area contributed by atoms with E-state index in [9.17, 15) is 9.59 Å². The van der Waals surface area contributed by atoms with Gasteiger partial charge in [-0.15, -0.1) is 0 Å². The number of unbranched alkanes of at least 4 members (excludes halogenated alkanes) is 7. The van der Waals surface area contributed by atoms with Crippen LogP contribution in [0.3, 0.4) is 0 Å². The van der Waals surface area contributed by atoms with Crippen molar-refractivity contribution in [2.75, 3.05) is 6.61 Å². The number of esters is 1. The predicted molar refractivity (Wildman–Crippen MR) is 119 cm³/mol. The Balaban J connectivity index is 4.48. The summed E-state index contributed by atoms with van der Waals surface area (Å²) in [5, 5.41) is 0. The highest BCUT2D eigenvalue weighted by molar-refractivity contribution is 5.84. The van der Waals surface area contributed by atoms with Crippen molar-refractivity contribution in [1.29, 1.82) is 0 Å². The molecule has 1 unspecified atom stereocenters. The van der Waals surface area contributed by atoms with E-state index >= 15 is 0 Å². The average molecular weight is 397 g/mol. The van der Waals surface area contributed by atoms with Gasteiger partial charge in [-0.1, -0.05) is 85.5 Å². The Kier molecular flexibility index (Phi) is 15.5. The summed E-state index contributed by atoms with van der Waals surface area (Å²) >= 11 is 0. The van der Waals surface area contributed by atoms with Gasteiger partial charge in [0.1, 0.15) is 12.4 Å². The maximum absolute atomic E-state index is 12.7. The zero-order chi connectivity index (χ0) is 21.4. The fourth-order valence-electron chi connectivity index (χ4n) is 3.41. The first-order chi connectivity index (χ1) is 13.2. The molecule has 0 aliphatic carbocycles. The second-order valence-electron chi connectivity index (χ2n) is 9.60. The third-order valence-corrected chi connectivity index (χ3v) is 5.67. The van der Waals surface area contributed by atoms with Crippen LogP contribution >= 0.6 is 0 Å². The number of hydrogen-bond donors (Lipinski definition) is 0. The van der Waals surface area contributed by atoms with Crippen molar-refractivity contribution >= 4 is 11.8 Å². The molecule has 0 spiro atoms. The molecule has 0 rings (SSSR count). The maximum Gasteiger partial charge on any atom is 0.308 e. The lowest BCUT2D eigenvalue weighted by molar-refractivity contribution is -0.154. The van der Waals surface area contributed by atoms with Crippen molar-refractivity contribution < 1.29 is 14.3 Å². The minimum absolute atomic E-state index is 0.0143. The van der Waals surface area contributed by atoms with Crippen LogP contribution in [0, 0.1) is 17.3 Å². The van der Waals surface area contributed by atoms with Gasteiger partial charge in [-0.25, -0.2) is 0 Å². The summed E-state index contributed by atoms with van der Waals surface area (Å²) in [5.41, 5.74) is -0.577. The van der Waals surface area contributed by atoms with Crippen LogP contribution < -0.4 is 0 Å². The van der Waals surface area contributed by atoms with Gasteiger partial charge in [0.15, 0.2) is 0 Å². The minimum Gasteiger partial charge on any atom is -0.464 e. The van der Waals surface area contributed by atoms with E-state index in [1.54, 1.807) is 0 Å². The van der Waals surface area contributed by atoms with Gasteiger partial charge in [0.05, 0.1) is 11.3 Å². The summed E-state index contributed by atoms with van der Waals surface area (Å²) in [6.45, 7) is 12.8. The molecule has 166 valence electrons. The molecule has 0 aromatic rings. The van der Waals surface area contributed by atoms with Crippen molar-refractivity contribution in [1.82, 2.24) is 0 Å². The Hall–Kier alpha value is -0.860. The standard InChI is InChI=1S/C25H48O3/c1-7-9-11-12-13-15-16-22(19-18-21(3)4)24(27)28-20-25(5,6)23(26)17-14-10-8-2/h21-22H,7-20H2,1-6H3. The van der Waals surface area contributed by atoms with Gasteiger partial charge in [0, 0.05) is 6.42 Å². The second kappa shape index (κ2) is 16.0. The van der Waals surface area contributed by atoms with Crippen molar-refractivity contribution in [3.05, 3.63) is 0 Å². The Labute approximate surface area is 175 Å². The lowest BCUT2D eigenvalue weighted by Crippen LogP contribution is -2.32. The van der Waals surface area contributed by atoms with Crippen LogP contribution in [0.25, 0.3) is 0 Å². The first kappa shape index (κ1) is 27.1. The van der Waals surface area contributed by atoms with Gasteiger partial charge < -0.3 is 4.74 Å². The van der Waals surface area contributed by atoms with Crippen LogP contribution in [-0.2, 0) is 14.3 Å². The molecule has 0 aromatic carbocycles. The van der Waals surface area contributed by atoms with Crippen LogP contribution in [-0.4, -0.2) is 18.4 Å². The van der Waals surface area contributed by atoms with Crippen molar-refractivity contribution in [2.45, 2.75) is 125 Å². The first-order valence-corrected chi connectivity index (χ1v) is 11.9. The minimum atomic E-state index is -0.577. The third kappa shape index (κ3) is 13.3. The summed E-state index contributed by atoms with van der Waals surface area (Å²) in [7, 11) is 0. The summed E-state index contributed by atoms with van der Waals surface area (Å²) in [6, 6.07) is 0. The first-order valence-electron chi connectivity index (χ1n) is 11.9. The van der Waals surface area contributed by atoms with Crippen molar-refractivity contribution in [2.24, 2.45) is 17.3 Å². The average Bonchev–Trinajstić information content (AvgIpc) is 2.64. The smallest absolute Gasteiger partial charge is 0.308 e. The Morgan fingerprint density at radius 1 is 0.786 bits per heavy atom. The summed E-state index contributed by atoms with van der Waals surface area (Å²) in [4.78, 5) is 25.2. The quantitative estimate of drug-likeness (QED) is 0.178. The van der Waals surface area contributed by atoms with Gasteiger partial charge in [-0.2, -0.15) is 0 Å². The predicted octanol–water partition coefficient (Wildman–Crippen LogP) is 7.51. The van der Waals surface area contributed by atoms with Gasteiger partial charge in [0.25, 0.3) is 0 Å². The highest BCUT2D eigenvalue weighted by atomic mass is 16.5. The molecule has 0 aromatic heterocycles. The normalized spacial score (nSPS) is 13.0. The lowest BCUT2D eigenvalue weighted by Gasteiger charge is -2.25. The van der Waals surface area contributed by atoms with E-state index in [4.69, 9.17) is 4.74 Å². The van der Waals surface area contributed by atoms with E-state index in [0.717, 1.165) is 44.9 Å². The van der Waals surface area contributed by atoms with E-state index in [1.807, 2.05) is 13.8 Å². The van der Waals surface area contributed by atoms with Crippen molar-refractivity contribution in [3.63, 3.8) is 0 Å². The molecule has 0 bridgehead atoms. The number of ketones is 1. The number of carbonyl (C=O) groups is 2. The molecule has 0 aliphatic rings. The van der Waals surface area contributed by atoms with Crippen LogP contribution in [0.1, 0.15) is 125 Å². The maximum atomic E-state index is 12.7. The number of Topliss-reactive ketones (excluding diaryl/α,β-unsaturated/α-hetero) is 1. The van der Waals surface area contributed by atoms with Crippen LogP contribution in [0.15, 0.2) is 0 Å². The largest absolute Gasteiger partial charge is 0.464 e. The number of ether oxygens (including phenoxy) is 1. The molecule has 0 saturated carbocycles. The van der Waals surface area contributed by atoms with Crippen LogP contribution in [0.4, 0.5) is 0 Å². The molecule has 3 nitrogen and oxygen atoms in total. The molecule has 28 heavy (non-hydrogen) atoms. The van der Waals surface area contributed by atoms with E-state index in [0.29, 0.717) is 12.3 Å². The Morgan fingerprint density at radius 2 is 1.36 bits per heavy atom. The Morgan fingerprint density at radius 3 is 1.96 bits per heavy atom. The molecule has 3 heteroatoms. The van der Waals surface area contributed by atoms with Gasteiger partial charge in [-0.3, -0.25) is 9.59 Å². The molecule has 0 N–H and O–H groups in total. The molecule has 0 saturated heterocycles. The van der Waals surface area contributed by atoms with Crippen LogP contribution in [0.2, 0.25) is 0 Å². The van der Waals surface area contributed by atoms with E-state index < -0.39 is 5.41 Å². The molecular formula is C25H48O3. The molecule has 0 aliphatic heterocycles. The zero-order valence-corrected chi connectivity index (χ0v) is 19.8. The van der Waals surface area contributed by atoms with Crippen molar-refractivity contribution in [3.8, 4) is 0 Å². The topological polar surface area (TPSA) is 43.4 Å². The second-order valence-corrected chi connectivity index (χ2v) is 9.60. The summed E-state index contributed by atoms with van der Waals surface area (Å²) < 4.78 is 5.66. The van der Waals surface area contributed by atoms with Gasteiger partial charge in [0.2, 0.25) is 0 Å². The molecule has 0 radical (unpaired) electrons. The summed E-state index contributed by atoms with van der Waals surface area (Å²) in [5.74, 6) is 0.697. The number of hydrogen-bond acceptors (Lipinski definition) is 3. The van der Waals surface area contributed by atoms with E-state index in [-0.39, 0.29) is 24.3 Å². The van der Waals surface area contributed by atoms with Gasteiger partial charge in [-0.05, 0) is 39.0 Å². The molecular weight excluding hydrogens is 348 g/mol. The Bertz CT molecular complexity index is 412. The zero-order valence-electron chi connectivity index (χ0n) is 19.8. The lowest BCUT2D eigenvalue weighted by atomic mass is 9.86. The van der Waals surface area contributed by atoms with Crippen LogP contribution in [0.5, 0.6) is 0 Å². The molecule has 1 atom stereocenters. The molecule has 0 fully saturated rings. The number of rotatable bonds is 18. The highest BCUT2D eigenvalue weighted by Crippen LogP contribution is 2.24. The summed E-state index contributed by atoms with van der Waals surface area (Å²) in [6.07, 6.45) is 14.0. The highest BCUT2D eigenvalue weighted by Gasteiger charge is 2.30. The fourth-order valence-corrected chi connectivity index (χ4v) is 3.41. The molecule has 0 heterocycles. The number of carbonyl (C=O) groups excluding carboxylic acids is 2.